The molecule has 6 aliphatic rings. The number of Topliss-reactive ketones (excluding diaryl/α,β-unsaturated/α-hetero) is 1. The molecule has 14 rings (SSSR count). The molecule has 214 valence electrons. The van der Waals surface area contributed by atoms with Crippen molar-refractivity contribution in [2.45, 2.75) is 56.3 Å². The van der Waals surface area contributed by atoms with Gasteiger partial charge in [0.05, 0.1) is 0 Å². The van der Waals surface area contributed by atoms with E-state index in [-0.39, 0.29) is 16.2 Å². The first-order valence-corrected chi connectivity index (χ1v) is 17.3. The van der Waals surface area contributed by atoms with Crippen molar-refractivity contribution >= 4 is 82.1 Å². The quantitative estimate of drug-likeness (QED) is 0.184. The van der Waals surface area contributed by atoms with E-state index in [2.05, 4.69) is 78.9 Å². The minimum absolute atomic E-state index is 0.0561. The topological polar surface area (TPSA) is 17.1 Å². The van der Waals surface area contributed by atoms with Crippen LogP contribution in [0.25, 0.3) is 76.3 Å². The summed E-state index contributed by atoms with van der Waals surface area (Å²) in [4.78, 5) is 12.3. The fourth-order valence-corrected chi connectivity index (χ4v) is 13.3. The van der Waals surface area contributed by atoms with Crippen molar-refractivity contribution in [2.24, 2.45) is 5.41 Å². The van der Waals surface area contributed by atoms with E-state index in [1.165, 1.54) is 49.4 Å². The van der Waals surface area contributed by atoms with Crippen LogP contribution in [-0.2, 0) is 28.5 Å². The highest BCUT2D eigenvalue weighted by atomic mass is 16.1. The molecule has 0 N–H and O–H groups in total. The van der Waals surface area contributed by atoms with Crippen molar-refractivity contribution in [1.82, 2.24) is 0 Å². The highest BCUT2D eigenvalue weighted by Crippen LogP contribution is 2.83. The van der Waals surface area contributed by atoms with Gasteiger partial charge in [0, 0.05) is 22.7 Å². The van der Waals surface area contributed by atoms with Crippen LogP contribution in [0, 0.1) is 5.41 Å². The summed E-state index contributed by atoms with van der Waals surface area (Å²) in [5.41, 5.74) is 13.7. The van der Waals surface area contributed by atoms with Crippen LogP contribution in [0.4, 0.5) is 0 Å². The molecule has 1 nitrogen and oxygen atoms in total. The maximum absolute atomic E-state index is 12.3. The Morgan fingerprint density at radius 2 is 1.41 bits per heavy atom. The number of ketones is 1. The number of carbonyl (C=O) groups excluding carboxylic acids is 1. The first kappa shape index (κ1) is 22.7. The highest BCUT2D eigenvalue weighted by Gasteiger charge is 2.77. The zero-order valence-corrected chi connectivity index (χ0v) is 25.7. The second kappa shape index (κ2) is 6.42. The number of hydrogen-bond donors (Lipinski definition) is 0. The molecule has 0 heterocycles. The molecule has 8 aromatic rings. The normalized spacial score (nSPS) is 26.8. The average Bonchev–Trinajstić information content (AvgIpc) is 3.78. The van der Waals surface area contributed by atoms with Crippen LogP contribution >= 0.6 is 0 Å². The summed E-state index contributed by atoms with van der Waals surface area (Å²) in [5, 5.41) is 18.6. The molecule has 0 amide bonds. The Balaban J connectivity index is 1.24. The highest BCUT2D eigenvalue weighted by molar-refractivity contribution is 6.51. The Morgan fingerprint density at radius 3 is 2.22 bits per heavy atom. The van der Waals surface area contributed by atoms with Gasteiger partial charge in [-0.05, 0) is 154 Å². The third-order valence-corrected chi connectivity index (χ3v) is 14.4. The molecule has 0 aromatic heterocycles. The van der Waals surface area contributed by atoms with Crippen molar-refractivity contribution in [3.63, 3.8) is 0 Å². The van der Waals surface area contributed by atoms with Gasteiger partial charge in [-0.3, -0.25) is 0 Å². The van der Waals surface area contributed by atoms with E-state index >= 15 is 0 Å². The Bertz CT molecular complexity index is 2940. The van der Waals surface area contributed by atoms with Gasteiger partial charge in [-0.2, -0.15) is 0 Å². The van der Waals surface area contributed by atoms with Crippen LogP contribution in [0.3, 0.4) is 0 Å². The van der Waals surface area contributed by atoms with Crippen molar-refractivity contribution in [3.8, 4) is 0 Å². The van der Waals surface area contributed by atoms with Crippen LogP contribution in [-0.4, -0.2) is 5.78 Å². The Hall–Kier alpha value is -4.75. The van der Waals surface area contributed by atoms with E-state index in [0.717, 1.165) is 32.1 Å². The maximum Gasteiger partial charge on any atom is 0.129 e. The molecule has 3 unspecified atom stereocenters. The summed E-state index contributed by atoms with van der Waals surface area (Å²) >= 11 is 0. The molecule has 1 fully saturated rings. The number of allylic oxidation sites excluding steroid dienone is 3. The minimum atomic E-state index is -0.155. The molecule has 1 saturated carbocycles. The second-order valence-electron chi connectivity index (χ2n) is 15.9. The lowest BCUT2D eigenvalue weighted by Gasteiger charge is -2.72. The molecule has 6 aliphatic carbocycles. The van der Waals surface area contributed by atoms with E-state index in [0.29, 0.717) is 12.2 Å². The van der Waals surface area contributed by atoms with E-state index in [1.807, 2.05) is 0 Å². The Kier molecular flexibility index (Phi) is 3.17. The fourth-order valence-electron chi connectivity index (χ4n) is 13.3. The summed E-state index contributed by atoms with van der Waals surface area (Å²) in [6, 6.07) is 23.9. The fraction of sp³-hybridized carbons (Fsp3) is 0.222. The molecule has 0 aliphatic heterocycles. The van der Waals surface area contributed by atoms with Gasteiger partial charge in [-0.1, -0.05) is 78.9 Å². The van der Waals surface area contributed by atoms with Crippen molar-refractivity contribution < 1.29 is 4.79 Å². The lowest BCUT2D eigenvalue weighted by molar-refractivity contribution is -0.117. The summed E-state index contributed by atoms with van der Waals surface area (Å²) in [5.74, 6) is 0.307. The average molecular weight is 585 g/mol. The molecule has 0 radical (unpaired) electrons. The van der Waals surface area contributed by atoms with E-state index in [1.54, 1.807) is 72.3 Å². The Morgan fingerprint density at radius 1 is 0.717 bits per heavy atom. The van der Waals surface area contributed by atoms with E-state index in [4.69, 9.17) is 0 Å². The molecule has 0 saturated heterocycles. The lowest BCUT2D eigenvalue weighted by atomic mass is 9.29. The lowest BCUT2D eigenvalue weighted by Crippen LogP contribution is -2.70. The molecular weight excluding hydrogens is 556 g/mol. The van der Waals surface area contributed by atoms with Gasteiger partial charge in [0.1, 0.15) is 5.78 Å². The van der Waals surface area contributed by atoms with Crippen molar-refractivity contribution in [3.05, 3.63) is 117 Å². The van der Waals surface area contributed by atoms with Crippen molar-refractivity contribution in [2.75, 3.05) is 0 Å². The van der Waals surface area contributed by atoms with Gasteiger partial charge in [-0.15, -0.1) is 0 Å². The largest absolute Gasteiger partial charge is 0.300 e. The van der Waals surface area contributed by atoms with Crippen LogP contribution in [0.15, 0.2) is 72.8 Å². The first-order chi connectivity index (χ1) is 22.6. The predicted octanol–water partition coefficient (Wildman–Crippen LogP) is 10.5. The van der Waals surface area contributed by atoms with Gasteiger partial charge in [0.15, 0.2) is 0 Å². The molecule has 1 spiro atoms. The monoisotopic (exact) mass is 584 g/mol. The van der Waals surface area contributed by atoms with Crippen LogP contribution < -0.4 is 0 Å². The second-order valence-corrected chi connectivity index (χ2v) is 15.9. The predicted molar refractivity (Wildman–Crippen MR) is 189 cm³/mol. The molecule has 1 heteroatoms. The van der Waals surface area contributed by atoms with Crippen molar-refractivity contribution in [1.29, 1.82) is 0 Å². The summed E-state index contributed by atoms with van der Waals surface area (Å²) in [6.45, 7) is 1.76. The van der Waals surface area contributed by atoms with Gasteiger partial charge >= 0.3 is 0 Å². The SMILES string of the molecule is CC(=O)CCCC1(c2ccccc2)CC23c4c5cc6c7c4c4c2c2c8c(cc9ccc%10cc(c7c7c%10c9c8c47)C6)CC2=CC13C=C5. The molecule has 8 aromatic carbocycles. The van der Waals surface area contributed by atoms with E-state index < -0.39 is 0 Å². The zero-order chi connectivity index (χ0) is 29.6. The van der Waals surface area contributed by atoms with Crippen LogP contribution in [0.2, 0.25) is 0 Å². The summed E-state index contributed by atoms with van der Waals surface area (Å²) in [7, 11) is 0. The smallest absolute Gasteiger partial charge is 0.129 e. The van der Waals surface area contributed by atoms with E-state index in [9.17, 15) is 4.79 Å². The molecule has 46 heavy (non-hydrogen) atoms. The molecule has 0 bridgehead atoms. The molecular formula is C45H28O. The van der Waals surface area contributed by atoms with Gasteiger partial charge in [-0.25, -0.2) is 0 Å². The standard InChI is InChI=1S/C45H28O/c1-21(46)6-5-12-43(29-7-3-2-4-8-29)20-45-41-24-11-13-44(43,45)19-28-18-26-15-23-10-9-22-14-25-17-27(16-24)33-32(25)36-30(22)31(23)37-34(26)35(28)42(45)40(38(36)37)39(33)41/h2-4,7-11,13-16,19H,5-6,12,17-18,20H2,1H3. The summed E-state index contributed by atoms with van der Waals surface area (Å²) in [6.07, 6.45) is 13.8. The summed E-state index contributed by atoms with van der Waals surface area (Å²) < 4.78 is 0. The number of benzene rings is 7. The first-order valence-electron chi connectivity index (χ1n) is 17.3. The Labute approximate surface area is 265 Å². The third kappa shape index (κ3) is 1.85. The third-order valence-electron chi connectivity index (χ3n) is 14.4. The number of hydrogen-bond acceptors (Lipinski definition) is 1. The van der Waals surface area contributed by atoms with Gasteiger partial charge < -0.3 is 4.79 Å². The molecule has 3 atom stereocenters. The van der Waals surface area contributed by atoms with Crippen LogP contribution in [0.1, 0.15) is 77.1 Å². The zero-order valence-electron chi connectivity index (χ0n) is 25.7. The minimum Gasteiger partial charge on any atom is -0.300 e. The van der Waals surface area contributed by atoms with Gasteiger partial charge in [0.25, 0.3) is 0 Å². The van der Waals surface area contributed by atoms with Gasteiger partial charge in [0.2, 0.25) is 0 Å². The number of rotatable bonds is 5. The van der Waals surface area contributed by atoms with Crippen LogP contribution in [0.5, 0.6) is 0 Å². The maximum atomic E-state index is 12.3. The number of carbonyl (C=O) groups is 1.